The number of nitrogens with one attached hydrogen (secondary N) is 1. The number of benzene rings is 1. The van der Waals surface area contributed by atoms with Gasteiger partial charge in [0.15, 0.2) is 0 Å². The zero-order valence-electron chi connectivity index (χ0n) is 14.9. The number of anilines is 1. The summed E-state index contributed by atoms with van der Waals surface area (Å²) in [6.07, 6.45) is 4.16. The fourth-order valence-corrected chi connectivity index (χ4v) is 3.25. The van der Waals surface area contributed by atoms with Crippen molar-refractivity contribution in [2.75, 3.05) is 18.6 Å². The van der Waals surface area contributed by atoms with Crippen molar-refractivity contribution in [2.24, 2.45) is 5.92 Å². The number of methoxy groups -OCH3 is 1. The fourth-order valence-electron chi connectivity index (χ4n) is 3.25. The number of carbonyl (C=O) groups is 2. The van der Waals surface area contributed by atoms with Gasteiger partial charge in [-0.1, -0.05) is 32.8 Å². The third-order valence-corrected chi connectivity index (χ3v) is 4.48. The predicted molar refractivity (Wildman–Crippen MR) is 95.2 cm³/mol. The zero-order chi connectivity index (χ0) is 17.5. The first-order valence-electron chi connectivity index (χ1n) is 8.83. The molecule has 0 unspecified atom stereocenters. The first-order chi connectivity index (χ1) is 11.6. The second-order valence-corrected chi connectivity index (χ2v) is 6.39. The van der Waals surface area contributed by atoms with Gasteiger partial charge in [0.05, 0.1) is 13.2 Å². The van der Waals surface area contributed by atoms with Gasteiger partial charge in [0.2, 0.25) is 11.8 Å². The Bertz CT molecular complexity index is 567. The second-order valence-electron chi connectivity index (χ2n) is 6.39. The first kappa shape index (κ1) is 18.3. The van der Waals surface area contributed by atoms with Gasteiger partial charge in [0.1, 0.15) is 5.75 Å². The van der Waals surface area contributed by atoms with Gasteiger partial charge < -0.3 is 15.0 Å². The predicted octanol–water partition coefficient (Wildman–Crippen LogP) is 3.13. The van der Waals surface area contributed by atoms with E-state index in [2.05, 4.69) is 19.2 Å². The van der Waals surface area contributed by atoms with Crippen LogP contribution in [0.4, 0.5) is 5.69 Å². The number of ether oxygens (including phenoxy) is 1. The summed E-state index contributed by atoms with van der Waals surface area (Å²) in [6, 6.07) is 7.34. The summed E-state index contributed by atoms with van der Waals surface area (Å²) in [7, 11) is 1.61. The van der Waals surface area contributed by atoms with Crippen molar-refractivity contribution in [3.8, 4) is 5.75 Å². The van der Waals surface area contributed by atoms with Crippen molar-refractivity contribution in [3.63, 3.8) is 0 Å². The molecule has 0 aliphatic carbocycles. The molecule has 24 heavy (non-hydrogen) atoms. The quantitative estimate of drug-likeness (QED) is 0.795. The Morgan fingerprint density at radius 2 is 2.04 bits per heavy atom. The molecule has 1 aromatic carbocycles. The van der Waals surface area contributed by atoms with Crippen LogP contribution in [0, 0.1) is 5.92 Å². The maximum absolute atomic E-state index is 12.5. The normalized spacial score (nSPS) is 17.4. The third kappa shape index (κ3) is 4.49. The maximum Gasteiger partial charge on any atom is 0.229 e. The Morgan fingerprint density at radius 1 is 1.33 bits per heavy atom. The lowest BCUT2D eigenvalue weighted by Gasteiger charge is -2.20. The molecule has 1 aliphatic heterocycles. The summed E-state index contributed by atoms with van der Waals surface area (Å²) in [5.74, 6) is 0.903. The number of hydrogen-bond donors (Lipinski definition) is 1. The minimum absolute atomic E-state index is 0.0380. The summed E-state index contributed by atoms with van der Waals surface area (Å²) in [4.78, 5) is 26.5. The van der Waals surface area contributed by atoms with Gasteiger partial charge in [-0.2, -0.15) is 0 Å². The lowest BCUT2D eigenvalue weighted by atomic mass is 9.97. The molecule has 0 saturated carbocycles. The van der Waals surface area contributed by atoms with Crippen LogP contribution in [-0.4, -0.2) is 31.5 Å². The minimum atomic E-state index is -0.118. The van der Waals surface area contributed by atoms with Crippen molar-refractivity contribution in [2.45, 2.75) is 52.0 Å². The number of hydrogen-bond acceptors (Lipinski definition) is 3. The van der Waals surface area contributed by atoms with E-state index in [4.69, 9.17) is 4.74 Å². The van der Waals surface area contributed by atoms with E-state index in [9.17, 15) is 9.59 Å². The molecule has 5 heteroatoms. The van der Waals surface area contributed by atoms with E-state index < -0.39 is 0 Å². The fraction of sp³-hybridized carbons (Fsp3) is 0.579. The van der Waals surface area contributed by atoms with Crippen LogP contribution in [0.5, 0.6) is 5.75 Å². The molecule has 1 heterocycles. The van der Waals surface area contributed by atoms with E-state index >= 15 is 0 Å². The average molecular weight is 332 g/mol. The SMILES string of the molecule is CCCC(CCC)C(=O)N[C@H]1CC(=O)N(c2cccc(OC)c2)C1. The van der Waals surface area contributed by atoms with Crippen LogP contribution in [0.25, 0.3) is 0 Å². The van der Waals surface area contributed by atoms with Crippen LogP contribution in [0.15, 0.2) is 24.3 Å². The number of carbonyl (C=O) groups excluding carboxylic acids is 2. The Labute approximate surface area is 144 Å². The highest BCUT2D eigenvalue weighted by Gasteiger charge is 2.32. The van der Waals surface area contributed by atoms with Gasteiger partial charge in [-0.15, -0.1) is 0 Å². The molecule has 1 N–H and O–H groups in total. The molecular formula is C19H28N2O3. The molecule has 5 nitrogen and oxygen atoms in total. The maximum atomic E-state index is 12.5. The van der Waals surface area contributed by atoms with Crippen LogP contribution in [0.3, 0.4) is 0 Å². The molecule has 0 bridgehead atoms. The van der Waals surface area contributed by atoms with Crippen molar-refractivity contribution < 1.29 is 14.3 Å². The van der Waals surface area contributed by atoms with E-state index in [0.717, 1.165) is 37.1 Å². The van der Waals surface area contributed by atoms with Crippen LogP contribution in [0.2, 0.25) is 0 Å². The minimum Gasteiger partial charge on any atom is -0.497 e. The largest absolute Gasteiger partial charge is 0.497 e. The van der Waals surface area contributed by atoms with Gasteiger partial charge in [-0.05, 0) is 25.0 Å². The van der Waals surface area contributed by atoms with Crippen molar-refractivity contribution >= 4 is 17.5 Å². The molecule has 0 spiro atoms. The monoisotopic (exact) mass is 332 g/mol. The summed E-state index contributed by atoms with van der Waals surface area (Å²) in [5, 5.41) is 3.07. The highest BCUT2D eigenvalue weighted by Crippen LogP contribution is 2.25. The number of rotatable bonds is 8. The molecule has 2 amide bonds. The second kappa shape index (κ2) is 8.71. The third-order valence-electron chi connectivity index (χ3n) is 4.48. The van der Waals surface area contributed by atoms with E-state index in [1.165, 1.54) is 0 Å². The van der Waals surface area contributed by atoms with Gasteiger partial charge in [-0.3, -0.25) is 9.59 Å². The number of amides is 2. The molecule has 1 saturated heterocycles. The molecule has 1 aliphatic rings. The van der Waals surface area contributed by atoms with E-state index in [0.29, 0.717) is 13.0 Å². The van der Waals surface area contributed by atoms with Gasteiger partial charge in [-0.25, -0.2) is 0 Å². The smallest absolute Gasteiger partial charge is 0.229 e. The van der Waals surface area contributed by atoms with Gasteiger partial charge in [0, 0.05) is 30.6 Å². The molecular weight excluding hydrogens is 304 g/mol. The zero-order valence-corrected chi connectivity index (χ0v) is 14.9. The van der Waals surface area contributed by atoms with Crippen LogP contribution < -0.4 is 15.0 Å². The van der Waals surface area contributed by atoms with E-state index in [1.54, 1.807) is 12.0 Å². The Kier molecular flexibility index (Phi) is 6.64. The topological polar surface area (TPSA) is 58.6 Å². The van der Waals surface area contributed by atoms with Crippen molar-refractivity contribution in [3.05, 3.63) is 24.3 Å². The Hall–Kier alpha value is -2.04. The first-order valence-corrected chi connectivity index (χ1v) is 8.83. The van der Waals surface area contributed by atoms with E-state index in [1.807, 2.05) is 24.3 Å². The van der Waals surface area contributed by atoms with E-state index in [-0.39, 0.29) is 23.8 Å². The molecule has 1 atom stereocenters. The lowest BCUT2D eigenvalue weighted by Crippen LogP contribution is -2.40. The van der Waals surface area contributed by atoms with Crippen molar-refractivity contribution in [1.29, 1.82) is 0 Å². The summed E-state index contributed by atoms with van der Waals surface area (Å²) in [6.45, 7) is 4.71. The molecule has 132 valence electrons. The van der Waals surface area contributed by atoms with Crippen molar-refractivity contribution in [1.82, 2.24) is 5.32 Å². The Morgan fingerprint density at radius 3 is 2.67 bits per heavy atom. The summed E-state index contributed by atoms with van der Waals surface area (Å²) < 4.78 is 5.22. The van der Waals surface area contributed by atoms with Crippen LogP contribution in [-0.2, 0) is 9.59 Å². The average Bonchev–Trinajstić information content (AvgIpc) is 2.95. The van der Waals surface area contributed by atoms with Gasteiger partial charge in [0.25, 0.3) is 0 Å². The number of nitrogens with zero attached hydrogens (tertiary/aromatic N) is 1. The molecule has 1 fully saturated rings. The summed E-state index contributed by atoms with van der Waals surface area (Å²) in [5.41, 5.74) is 0.815. The standard InChI is InChI=1S/C19H28N2O3/c1-4-7-14(8-5-2)19(23)20-15-11-18(22)21(13-15)16-9-6-10-17(12-16)24-3/h6,9-10,12,14-15H,4-5,7-8,11,13H2,1-3H3,(H,20,23)/t15-/m0/s1. The highest BCUT2D eigenvalue weighted by molar-refractivity contribution is 5.97. The van der Waals surface area contributed by atoms with Crippen LogP contribution >= 0.6 is 0 Å². The summed E-state index contributed by atoms with van der Waals surface area (Å²) >= 11 is 0. The molecule has 0 radical (unpaired) electrons. The van der Waals surface area contributed by atoms with Gasteiger partial charge >= 0.3 is 0 Å². The molecule has 0 aromatic heterocycles. The lowest BCUT2D eigenvalue weighted by molar-refractivity contribution is -0.126. The Balaban J connectivity index is 1.99. The molecule has 2 rings (SSSR count). The van der Waals surface area contributed by atoms with Crippen LogP contribution in [0.1, 0.15) is 46.0 Å². The highest BCUT2D eigenvalue weighted by atomic mass is 16.5. The molecule has 1 aromatic rings.